The van der Waals surface area contributed by atoms with Gasteiger partial charge in [0.2, 0.25) is 5.91 Å². The average molecular weight is 410 g/mol. The summed E-state index contributed by atoms with van der Waals surface area (Å²) in [7, 11) is 3.22. The predicted octanol–water partition coefficient (Wildman–Crippen LogP) is 2.67. The summed E-state index contributed by atoms with van der Waals surface area (Å²) in [5.41, 5.74) is 7.82. The van der Waals surface area contributed by atoms with E-state index in [1.165, 1.54) is 23.2 Å². The quantitative estimate of drug-likeness (QED) is 0.659. The van der Waals surface area contributed by atoms with Gasteiger partial charge in [-0.2, -0.15) is 0 Å². The largest absolute Gasteiger partial charge is 0.492 e. The summed E-state index contributed by atoms with van der Waals surface area (Å²) in [5, 5.41) is 10.3. The maximum atomic E-state index is 13.5. The first kappa shape index (κ1) is 21.0. The van der Waals surface area contributed by atoms with Gasteiger partial charge in [0.05, 0.1) is 17.2 Å². The minimum absolute atomic E-state index is 0.160. The van der Waals surface area contributed by atoms with Crippen molar-refractivity contribution in [1.82, 2.24) is 4.90 Å². The molecule has 0 bridgehead atoms. The SMILES string of the molecule is CN(C)C(=O)c1cc(/C(C=N)=C/N)ccc1NC(=O)C1COc2ccc(F)cc2C1. The van der Waals surface area contributed by atoms with Gasteiger partial charge >= 0.3 is 0 Å². The highest BCUT2D eigenvalue weighted by Crippen LogP contribution is 2.29. The van der Waals surface area contributed by atoms with Crippen molar-refractivity contribution in [2.24, 2.45) is 11.7 Å². The summed E-state index contributed by atoms with van der Waals surface area (Å²) in [5.74, 6) is -0.973. The van der Waals surface area contributed by atoms with Crippen LogP contribution in [0.15, 0.2) is 42.6 Å². The zero-order valence-corrected chi connectivity index (χ0v) is 16.7. The molecular weight excluding hydrogens is 387 g/mol. The summed E-state index contributed by atoms with van der Waals surface area (Å²) >= 11 is 0. The Balaban J connectivity index is 1.87. The third kappa shape index (κ3) is 4.32. The molecule has 1 unspecified atom stereocenters. The summed E-state index contributed by atoms with van der Waals surface area (Å²) < 4.78 is 19.1. The van der Waals surface area contributed by atoms with Crippen LogP contribution in [0.2, 0.25) is 0 Å². The van der Waals surface area contributed by atoms with Crippen molar-refractivity contribution >= 4 is 29.3 Å². The van der Waals surface area contributed by atoms with Crippen LogP contribution in [0.1, 0.15) is 21.5 Å². The lowest BCUT2D eigenvalue weighted by molar-refractivity contribution is -0.121. The van der Waals surface area contributed by atoms with Crippen LogP contribution in [-0.4, -0.2) is 43.6 Å². The summed E-state index contributed by atoms with van der Waals surface area (Å²) in [4.78, 5) is 26.9. The van der Waals surface area contributed by atoms with Crippen molar-refractivity contribution in [3.63, 3.8) is 0 Å². The molecule has 0 saturated heterocycles. The molecule has 4 N–H and O–H groups in total. The molecule has 0 spiro atoms. The average Bonchev–Trinajstić information content (AvgIpc) is 2.74. The Kier molecular flexibility index (Phi) is 6.15. The second-order valence-electron chi connectivity index (χ2n) is 7.18. The molecule has 1 heterocycles. The Morgan fingerprint density at radius 2 is 2.03 bits per heavy atom. The number of carbonyl (C=O) groups excluding carboxylic acids is 2. The normalized spacial score (nSPS) is 15.6. The Morgan fingerprint density at radius 1 is 1.27 bits per heavy atom. The minimum Gasteiger partial charge on any atom is -0.492 e. The van der Waals surface area contributed by atoms with Gasteiger partial charge < -0.3 is 26.1 Å². The number of fused-ring (bicyclic) bond motifs is 1. The number of halogens is 1. The zero-order chi connectivity index (χ0) is 21.8. The first-order chi connectivity index (χ1) is 14.3. The molecule has 2 aromatic rings. The van der Waals surface area contributed by atoms with E-state index in [1.807, 2.05) is 0 Å². The predicted molar refractivity (Wildman–Crippen MR) is 113 cm³/mol. The number of hydrogen-bond donors (Lipinski definition) is 3. The van der Waals surface area contributed by atoms with E-state index in [0.717, 1.165) is 6.21 Å². The van der Waals surface area contributed by atoms with E-state index >= 15 is 0 Å². The lowest BCUT2D eigenvalue weighted by Gasteiger charge is -2.25. The van der Waals surface area contributed by atoms with E-state index in [2.05, 4.69) is 5.32 Å². The van der Waals surface area contributed by atoms with Gasteiger partial charge in [-0.05, 0) is 47.9 Å². The fourth-order valence-electron chi connectivity index (χ4n) is 3.24. The van der Waals surface area contributed by atoms with Gasteiger partial charge in [-0.3, -0.25) is 9.59 Å². The molecule has 0 aromatic heterocycles. The maximum absolute atomic E-state index is 13.5. The zero-order valence-electron chi connectivity index (χ0n) is 16.7. The molecule has 156 valence electrons. The smallest absolute Gasteiger partial charge is 0.255 e. The third-order valence-corrected chi connectivity index (χ3v) is 4.88. The Labute approximate surface area is 173 Å². The van der Waals surface area contributed by atoms with E-state index < -0.39 is 5.92 Å². The number of anilines is 1. The molecule has 2 aromatic carbocycles. The third-order valence-electron chi connectivity index (χ3n) is 4.88. The monoisotopic (exact) mass is 410 g/mol. The highest BCUT2D eigenvalue weighted by atomic mass is 19.1. The second-order valence-corrected chi connectivity index (χ2v) is 7.18. The van der Waals surface area contributed by atoms with Crippen LogP contribution in [-0.2, 0) is 11.2 Å². The molecule has 0 radical (unpaired) electrons. The van der Waals surface area contributed by atoms with Crippen molar-refractivity contribution in [1.29, 1.82) is 5.41 Å². The van der Waals surface area contributed by atoms with Crippen LogP contribution in [0.4, 0.5) is 10.1 Å². The number of nitrogens with one attached hydrogen (secondary N) is 2. The van der Waals surface area contributed by atoms with Crippen LogP contribution in [0.3, 0.4) is 0 Å². The van der Waals surface area contributed by atoms with Gasteiger partial charge in [0, 0.05) is 32.1 Å². The molecule has 7 nitrogen and oxygen atoms in total. The number of carbonyl (C=O) groups is 2. The topological polar surface area (TPSA) is 109 Å². The van der Waals surface area contributed by atoms with Crippen LogP contribution in [0.5, 0.6) is 5.75 Å². The van der Waals surface area contributed by atoms with Crippen LogP contribution in [0.25, 0.3) is 5.57 Å². The number of nitrogens with two attached hydrogens (primary N) is 1. The lowest BCUT2D eigenvalue weighted by Crippen LogP contribution is -2.33. The summed E-state index contributed by atoms with van der Waals surface area (Å²) in [6.07, 6.45) is 2.70. The first-order valence-corrected chi connectivity index (χ1v) is 9.34. The van der Waals surface area contributed by atoms with Gasteiger partial charge in [-0.25, -0.2) is 4.39 Å². The summed E-state index contributed by atoms with van der Waals surface area (Å²) in [6.45, 7) is 0.160. The molecule has 1 aliphatic heterocycles. The fraction of sp³-hybridized carbons (Fsp3) is 0.227. The fourth-order valence-corrected chi connectivity index (χ4v) is 3.24. The summed E-state index contributed by atoms with van der Waals surface area (Å²) in [6, 6.07) is 9.10. The van der Waals surface area contributed by atoms with Crippen molar-refractivity contribution in [2.45, 2.75) is 6.42 Å². The van der Waals surface area contributed by atoms with E-state index in [4.69, 9.17) is 15.9 Å². The van der Waals surface area contributed by atoms with E-state index in [0.29, 0.717) is 34.6 Å². The van der Waals surface area contributed by atoms with Gasteiger partial charge in [-0.1, -0.05) is 6.07 Å². The van der Waals surface area contributed by atoms with Crippen molar-refractivity contribution in [3.8, 4) is 5.75 Å². The number of allylic oxidation sites excluding steroid dienone is 1. The van der Waals surface area contributed by atoms with E-state index in [1.54, 1.807) is 38.4 Å². The Hall–Kier alpha value is -3.68. The van der Waals surface area contributed by atoms with Crippen molar-refractivity contribution in [2.75, 3.05) is 26.0 Å². The standard InChI is InChI=1S/C22H23FN4O3/c1-27(2)22(29)18-9-13(16(10-24)11-25)3-5-19(18)26-21(28)15-7-14-8-17(23)4-6-20(14)30-12-15/h3-6,8-11,15,24H,7,12,25H2,1-2H3,(H,26,28)/b16-11+,24-10?. The van der Waals surface area contributed by atoms with E-state index in [-0.39, 0.29) is 29.8 Å². The van der Waals surface area contributed by atoms with Gasteiger partial charge in [0.25, 0.3) is 5.91 Å². The first-order valence-electron chi connectivity index (χ1n) is 9.34. The number of hydrogen-bond acceptors (Lipinski definition) is 5. The second kappa shape index (κ2) is 8.77. The molecular formula is C22H23FN4O3. The number of rotatable bonds is 5. The van der Waals surface area contributed by atoms with E-state index in [9.17, 15) is 14.0 Å². The molecule has 0 aliphatic carbocycles. The Bertz CT molecular complexity index is 1030. The van der Waals surface area contributed by atoms with Crippen LogP contribution >= 0.6 is 0 Å². The molecule has 0 fully saturated rings. The molecule has 8 heteroatoms. The molecule has 1 aliphatic rings. The van der Waals surface area contributed by atoms with Gasteiger partial charge in [0.15, 0.2) is 0 Å². The number of nitrogens with zero attached hydrogens (tertiary/aromatic N) is 1. The molecule has 0 saturated carbocycles. The number of amides is 2. The van der Waals surface area contributed by atoms with Crippen molar-refractivity contribution < 1.29 is 18.7 Å². The molecule has 2 amide bonds. The van der Waals surface area contributed by atoms with Gasteiger partial charge in [-0.15, -0.1) is 0 Å². The van der Waals surface area contributed by atoms with Crippen molar-refractivity contribution in [3.05, 3.63) is 65.1 Å². The molecule has 1 atom stereocenters. The molecule has 3 rings (SSSR count). The number of benzene rings is 2. The minimum atomic E-state index is -0.526. The highest BCUT2D eigenvalue weighted by Gasteiger charge is 2.27. The number of ether oxygens (including phenoxy) is 1. The van der Waals surface area contributed by atoms with Gasteiger partial charge in [0.1, 0.15) is 18.2 Å². The van der Waals surface area contributed by atoms with Crippen LogP contribution in [0, 0.1) is 17.1 Å². The Morgan fingerprint density at radius 3 is 2.70 bits per heavy atom. The molecule has 30 heavy (non-hydrogen) atoms. The lowest BCUT2D eigenvalue weighted by atomic mass is 9.95. The van der Waals surface area contributed by atoms with Crippen LogP contribution < -0.4 is 15.8 Å². The maximum Gasteiger partial charge on any atom is 0.255 e. The highest BCUT2D eigenvalue weighted by molar-refractivity contribution is 6.10.